The van der Waals surface area contributed by atoms with Crippen LogP contribution in [0, 0.1) is 6.92 Å². The molecule has 0 fully saturated rings. The lowest BCUT2D eigenvalue weighted by atomic mass is 10.0. The van der Waals surface area contributed by atoms with E-state index in [4.69, 9.17) is 4.52 Å². The number of anilines is 1. The molecule has 3 rings (SSSR count). The van der Waals surface area contributed by atoms with E-state index in [1.165, 1.54) is 0 Å². The molecule has 1 amide bonds. The number of aryl methyl sites for hydroxylation is 1. The molecule has 0 spiro atoms. The smallest absolute Gasteiger partial charge is 0.259 e. The second kappa shape index (κ2) is 7.11. The predicted octanol–water partition coefficient (Wildman–Crippen LogP) is 3.05. The van der Waals surface area contributed by atoms with Gasteiger partial charge >= 0.3 is 0 Å². The molecule has 136 valence electrons. The fraction of sp³-hybridized carbons (Fsp3) is 0.368. The van der Waals surface area contributed by atoms with Crippen LogP contribution in [0.1, 0.15) is 47.1 Å². The summed E-state index contributed by atoms with van der Waals surface area (Å²) < 4.78 is 5.28. The Balaban J connectivity index is 1.88. The van der Waals surface area contributed by atoms with E-state index in [1.807, 2.05) is 58.0 Å². The molecule has 1 N–H and O–H groups in total. The Labute approximate surface area is 152 Å². The summed E-state index contributed by atoms with van der Waals surface area (Å²) in [6.45, 7) is 6.27. The number of carbonyl (C=O) groups is 1. The molecule has 0 atom stereocenters. The van der Waals surface area contributed by atoms with Crippen LogP contribution < -0.4 is 10.2 Å². The fourth-order valence-corrected chi connectivity index (χ4v) is 2.68. The maximum Gasteiger partial charge on any atom is 0.259 e. The minimum absolute atomic E-state index is 0.172. The molecular weight excluding hydrogens is 330 g/mol. The predicted molar refractivity (Wildman–Crippen MR) is 100 cm³/mol. The SMILES string of the molecule is Cc1noc2nc(C(C)C)cc(C(=O)NCc3ccnc(N(C)C)c3)c12. The molecular formula is C19H23N5O2. The maximum atomic E-state index is 12.8. The number of aromatic nitrogens is 3. The monoisotopic (exact) mass is 353 g/mol. The molecule has 0 unspecified atom stereocenters. The first-order chi connectivity index (χ1) is 12.4. The van der Waals surface area contributed by atoms with Gasteiger partial charge in [-0.3, -0.25) is 4.79 Å². The van der Waals surface area contributed by atoms with Crippen molar-refractivity contribution in [3.63, 3.8) is 0 Å². The van der Waals surface area contributed by atoms with E-state index in [0.717, 1.165) is 17.1 Å². The highest BCUT2D eigenvalue weighted by Gasteiger charge is 2.19. The van der Waals surface area contributed by atoms with E-state index in [1.54, 1.807) is 6.20 Å². The number of hydrogen-bond donors (Lipinski definition) is 1. The standard InChI is InChI=1S/C19H23N5O2/c1-11(2)15-9-14(17-12(3)23-26-19(17)22-15)18(25)21-10-13-6-7-20-16(8-13)24(4)5/h6-9,11H,10H2,1-5H3,(H,21,25). The summed E-state index contributed by atoms with van der Waals surface area (Å²) in [5.74, 6) is 0.855. The van der Waals surface area contributed by atoms with Gasteiger partial charge in [0.05, 0.1) is 16.6 Å². The lowest BCUT2D eigenvalue weighted by Crippen LogP contribution is -2.24. The van der Waals surface area contributed by atoms with Gasteiger partial charge in [0, 0.05) is 32.5 Å². The van der Waals surface area contributed by atoms with Crippen LogP contribution in [0.2, 0.25) is 0 Å². The van der Waals surface area contributed by atoms with E-state index >= 15 is 0 Å². The lowest BCUT2D eigenvalue weighted by Gasteiger charge is -2.13. The van der Waals surface area contributed by atoms with E-state index in [-0.39, 0.29) is 11.8 Å². The number of fused-ring (bicyclic) bond motifs is 1. The van der Waals surface area contributed by atoms with Crippen LogP contribution in [-0.2, 0) is 6.54 Å². The van der Waals surface area contributed by atoms with E-state index in [0.29, 0.717) is 28.9 Å². The molecule has 0 saturated carbocycles. The molecule has 0 bridgehead atoms. The van der Waals surface area contributed by atoms with Crippen molar-refractivity contribution < 1.29 is 9.32 Å². The van der Waals surface area contributed by atoms with Gasteiger partial charge < -0.3 is 14.7 Å². The Morgan fingerprint density at radius 1 is 1.31 bits per heavy atom. The van der Waals surface area contributed by atoms with Crippen LogP contribution >= 0.6 is 0 Å². The highest BCUT2D eigenvalue weighted by atomic mass is 16.5. The van der Waals surface area contributed by atoms with Crippen molar-refractivity contribution in [2.24, 2.45) is 0 Å². The number of nitrogens with one attached hydrogen (secondary N) is 1. The third-order valence-electron chi connectivity index (χ3n) is 4.19. The van der Waals surface area contributed by atoms with Gasteiger partial charge in [-0.1, -0.05) is 19.0 Å². The van der Waals surface area contributed by atoms with Gasteiger partial charge in [0.1, 0.15) is 5.82 Å². The lowest BCUT2D eigenvalue weighted by molar-refractivity contribution is 0.0952. The normalized spacial score (nSPS) is 11.2. The van der Waals surface area contributed by atoms with Crippen molar-refractivity contribution in [2.75, 3.05) is 19.0 Å². The summed E-state index contributed by atoms with van der Waals surface area (Å²) in [4.78, 5) is 23.5. The number of carbonyl (C=O) groups excluding carboxylic acids is 1. The largest absolute Gasteiger partial charge is 0.363 e. The number of hydrogen-bond acceptors (Lipinski definition) is 6. The average molecular weight is 353 g/mol. The topological polar surface area (TPSA) is 84.1 Å². The molecule has 0 aliphatic heterocycles. The quantitative estimate of drug-likeness (QED) is 0.759. The van der Waals surface area contributed by atoms with Gasteiger partial charge in [-0.15, -0.1) is 0 Å². The van der Waals surface area contributed by atoms with Gasteiger partial charge in [-0.05, 0) is 36.6 Å². The highest BCUT2D eigenvalue weighted by Crippen LogP contribution is 2.25. The number of rotatable bonds is 5. The van der Waals surface area contributed by atoms with E-state index in [2.05, 4.69) is 20.4 Å². The first kappa shape index (κ1) is 17.8. The number of amides is 1. The Bertz CT molecular complexity index is 946. The minimum Gasteiger partial charge on any atom is -0.363 e. The van der Waals surface area contributed by atoms with Crippen LogP contribution in [0.3, 0.4) is 0 Å². The van der Waals surface area contributed by atoms with E-state index in [9.17, 15) is 4.79 Å². The second-order valence-corrected chi connectivity index (χ2v) is 6.80. The van der Waals surface area contributed by atoms with E-state index < -0.39 is 0 Å². The van der Waals surface area contributed by atoms with Crippen molar-refractivity contribution in [2.45, 2.75) is 33.2 Å². The molecule has 0 radical (unpaired) electrons. The molecule has 26 heavy (non-hydrogen) atoms. The molecule has 0 saturated heterocycles. The molecule has 7 heteroatoms. The summed E-state index contributed by atoms with van der Waals surface area (Å²) in [6.07, 6.45) is 1.74. The number of nitrogens with zero attached hydrogens (tertiary/aromatic N) is 4. The second-order valence-electron chi connectivity index (χ2n) is 6.80. The Morgan fingerprint density at radius 3 is 2.77 bits per heavy atom. The highest BCUT2D eigenvalue weighted by molar-refractivity contribution is 6.06. The fourth-order valence-electron chi connectivity index (χ4n) is 2.68. The zero-order chi connectivity index (χ0) is 18.8. The van der Waals surface area contributed by atoms with Gasteiger partial charge in [-0.2, -0.15) is 0 Å². The van der Waals surface area contributed by atoms with Gasteiger partial charge in [0.25, 0.3) is 11.6 Å². The first-order valence-electron chi connectivity index (χ1n) is 8.54. The molecule has 0 aliphatic carbocycles. The molecule has 3 aromatic heterocycles. The molecule has 3 aromatic rings. The van der Waals surface area contributed by atoms with Crippen molar-refractivity contribution >= 4 is 22.8 Å². The van der Waals surface area contributed by atoms with Gasteiger partial charge in [0.2, 0.25) is 0 Å². The van der Waals surface area contributed by atoms with Crippen LogP contribution in [0.15, 0.2) is 28.9 Å². The number of pyridine rings is 2. The van der Waals surface area contributed by atoms with Crippen molar-refractivity contribution in [1.29, 1.82) is 0 Å². The molecule has 0 aromatic carbocycles. The van der Waals surface area contributed by atoms with Gasteiger partial charge in [-0.25, -0.2) is 9.97 Å². The molecule has 7 nitrogen and oxygen atoms in total. The average Bonchev–Trinajstić information content (AvgIpc) is 3.00. The van der Waals surface area contributed by atoms with Crippen LogP contribution in [-0.4, -0.2) is 35.1 Å². The van der Waals surface area contributed by atoms with Crippen LogP contribution in [0.25, 0.3) is 11.1 Å². The Kier molecular flexibility index (Phi) is 4.88. The van der Waals surface area contributed by atoms with Crippen LogP contribution in [0.5, 0.6) is 0 Å². The summed E-state index contributed by atoms with van der Waals surface area (Å²) in [6, 6.07) is 5.66. The van der Waals surface area contributed by atoms with Crippen molar-refractivity contribution in [1.82, 2.24) is 20.4 Å². The zero-order valence-electron chi connectivity index (χ0n) is 15.7. The minimum atomic E-state index is -0.172. The third kappa shape index (κ3) is 3.51. The Morgan fingerprint density at radius 2 is 2.08 bits per heavy atom. The van der Waals surface area contributed by atoms with Crippen molar-refractivity contribution in [3.05, 3.63) is 46.9 Å². The Hall–Kier alpha value is -2.96. The summed E-state index contributed by atoms with van der Waals surface area (Å²) in [5.41, 5.74) is 3.38. The van der Waals surface area contributed by atoms with Crippen molar-refractivity contribution in [3.8, 4) is 0 Å². The summed E-state index contributed by atoms with van der Waals surface area (Å²) >= 11 is 0. The maximum absolute atomic E-state index is 12.8. The summed E-state index contributed by atoms with van der Waals surface area (Å²) in [7, 11) is 3.86. The first-order valence-corrected chi connectivity index (χ1v) is 8.54. The van der Waals surface area contributed by atoms with Gasteiger partial charge in [0.15, 0.2) is 0 Å². The zero-order valence-corrected chi connectivity index (χ0v) is 15.7. The van der Waals surface area contributed by atoms with Crippen LogP contribution in [0.4, 0.5) is 5.82 Å². The molecule has 0 aliphatic rings. The summed E-state index contributed by atoms with van der Waals surface area (Å²) in [5, 5.41) is 7.59. The third-order valence-corrected chi connectivity index (χ3v) is 4.19. The molecule has 3 heterocycles.